The third-order valence-electron chi connectivity index (χ3n) is 4.64. The van der Waals surface area contributed by atoms with Crippen LogP contribution < -0.4 is 9.62 Å². The summed E-state index contributed by atoms with van der Waals surface area (Å²) in [5, 5.41) is 0.588. The molecule has 0 radical (unpaired) electrons. The Kier molecular flexibility index (Phi) is 6.98. The second-order valence-corrected chi connectivity index (χ2v) is 10.9. The average Bonchev–Trinajstić information content (AvgIpc) is 2.69. The highest BCUT2D eigenvalue weighted by molar-refractivity contribution is 7.90. The van der Waals surface area contributed by atoms with E-state index in [0.717, 1.165) is 11.8 Å². The monoisotopic (exact) mass is 479 g/mol. The molecule has 7 nitrogen and oxygen atoms in total. The minimum Gasteiger partial charge on any atom is -0.369 e. The second-order valence-electron chi connectivity index (χ2n) is 6.65. The van der Waals surface area contributed by atoms with E-state index in [-0.39, 0.29) is 13.1 Å². The fraction of sp³-hybridized carbons (Fsp3) is 0.333. The lowest BCUT2D eigenvalue weighted by atomic mass is 10.2. The summed E-state index contributed by atoms with van der Waals surface area (Å²) in [5.74, 6) is -2.54. The molecule has 30 heavy (non-hydrogen) atoms. The molecule has 1 fully saturated rings. The first-order valence-electron chi connectivity index (χ1n) is 9.01. The quantitative estimate of drug-likeness (QED) is 0.656. The molecule has 0 unspecified atom stereocenters. The van der Waals surface area contributed by atoms with Gasteiger partial charge in [0.1, 0.15) is 16.5 Å². The maximum absolute atomic E-state index is 13.7. The Morgan fingerprint density at radius 2 is 1.67 bits per heavy atom. The largest absolute Gasteiger partial charge is 0.369 e. The second kappa shape index (κ2) is 9.15. The van der Waals surface area contributed by atoms with E-state index in [4.69, 9.17) is 11.6 Å². The molecule has 0 amide bonds. The molecular weight excluding hydrogens is 460 g/mol. The molecule has 0 aliphatic carbocycles. The number of hydrogen-bond donors (Lipinski definition) is 1. The Balaban J connectivity index is 1.56. The van der Waals surface area contributed by atoms with Crippen molar-refractivity contribution >= 4 is 37.3 Å². The Morgan fingerprint density at radius 1 is 0.967 bits per heavy atom. The molecule has 12 heteroatoms. The average molecular weight is 480 g/mol. The zero-order valence-electron chi connectivity index (χ0n) is 15.8. The van der Waals surface area contributed by atoms with E-state index in [2.05, 4.69) is 0 Å². The number of hydrogen-bond acceptors (Lipinski definition) is 5. The Morgan fingerprint density at radius 3 is 2.33 bits per heavy atom. The van der Waals surface area contributed by atoms with E-state index in [1.54, 1.807) is 12.1 Å². The van der Waals surface area contributed by atoms with Gasteiger partial charge in [-0.1, -0.05) is 17.7 Å². The Bertz CT molecular complexity index is 1120. The van der Waals surface area contributed by atoms with Crippen LogP contribution in [0.2, 0.25) is 5.02 Å². The predicted molar refractivity (Wildman–Crippen MR) is 111 cm³/mol. The van der Waals surface area contributed by atoms with E-state index in [9.17, 15) is 25.6 Å². The fourth-order valence-electron chi connectivity index (χ4n) is 3.09. The maximum atomic E-state index is 13.7. The summed E-state index contributed by atoms with van der Waals surface area (Å²) in [7, 11) is -8.12. The molecule has 0 saturated carbocycles. The molecule has 164 valence electrons. The Hall–Kier alpha value is -1.79. The highest BCUT2D eigenvalue weighted by Gasteiger charge is 2.28. The van der Waals surface area contributed by atoms with Gasteiger partial charge in [-0.05, 0) is 36.4 Å². The van der Waals surface area contributed by atoms with Crippen LogP contribution in [-0.2, 0) is 20.0 Å². The molecule has 1 N–H and O–H groups in total. The summed E-state index contributed by atoms with van der Waals surface area (Å²) >= 11 is 5.99. The van der Waals surface area contributed by atoms with Gasteiger partial charge in [-0.25, -0.2) is 30.3 Å². The molecule has 2 aromatic carbocycles. The number of rotatable bonds is 7. The van der Waals surface area contributed by atoms with Crippen LogP contribution in [0, 0.1) is 11.6 Å². The van der Waals surface area contributed by atoms with Crippen LogP contribution in [0.15, 0.2) is 47.4 Å². The molecule has 0 bridgehead atoms. The molecule has 1 saturated heterocycles. The van der Waals surface area contributed by atoms with Gasteiger partial charge >= 0.3 is 0 Å². The standard InChI is InChI=1S/C18H20ClF2N3O4S2/c19-14-2-1-3-16(12-14)23-7-9-24(10-8-23)29(25,26)11-6-22-30(27,28)18-13-15(20)4-5-17(18)21/h1-5,12-13,22H,6-11H2. The molecule has 1 heterocycles. The highest BCUT2D eigenvalue weighted by Crippen LogP contribution is 2.21. The molecule has 1 aliphatic heterocycles. The van der Waals surface area contributed by atoms with Gasteiger partial charge in [0.05, 0.1) is 5.75 Å². The lowest BCUT2D eigenvalue weighted by Crippen LogP contribution is -2.50. The van der Waals surface area contributed by atoms with E-state index in [0.29, 0.717) is 30.2 Å². The topological polar surface area (TPSA) is 86.8 Å². The summed E-state index contributed by atoms with van der Waals surface area (Å²) in [6.07, 6.45) is 0. The summed E-state index contributed by atoms with van der Waals surface area (Å²) in [5.41, 5.74) is 0.893. The number of halogens is 3. The lowest BCUT2D eigenvalue weighted by Gasteiger charge is -2.35. The van der Waals surface area contributed by atoms with Crippen molar-refractivity contribution in [1.29, 1.82) is 0 Å². The molecule has 0 aromatic heterocycles. The minimum absolute atomic E-state index is 0.236. The number of piperazine rings is 1. The van der Waals surface area contributed by atoms with Crippen molar-refractivity contribution in [3.63, 3.8) is 0 Å². The van der Waals surface area contributed by atoms with Gasteiger partial charge in [-0.3, -0.25) is 0 Å². The molecule has 3 rings (SSSR count). The van der Waals surface area contributed by atoms with E-state index in [1.165, 1.54) is 4.31 Å². The van der Waals surface area contributed by atoms with Crippen LogP contribution >= 0.6 is 11.6 Å². The predicted octanol–water partition coefficient (Wildman–Crippen LogP) is 2.05. The number of nitrogens with one attached hydrogen (secondary N) is 1. The van der Waals surface area contributed by atoms with Crippen molar-refractivity contribution in [3.8, 4) is 0 Å². The summed E-state index contributed by atoms with van der Waals surface area (Å²) < 4.78 is 79.6. The van der Waals surface area contributed by atoms with Crippen LogP contribution in [0.5, 0.6) is 0 Å². The van der Waals surface area contributed by atoms with Gasteiger partial charge in [-0.2, -0.15) is 4.31 Å². The zero-order valence-corrected chi connectivity index (χ0v) is 18.2. The summed E-state index contributed by atoms with van der Waals surface area (Å²) in [6, 6.07) is 9.28. The van der Waals surface area contributed by atoms with Crippen LogP contribution in [0.3, 0.4) is 0 Å². The van der Waals surface area contributed by atoms with Crippen LogP contribution in [0.4, 0.5) is 14.5 Å². The van der Waals surface area contributed by atoms with Crippen molar-refractivity contribution in [2.45, 2.75) is 4.90 Å². The van der Waals surface area contributed by atoms with Crippen molar-refractivity contribution in [1.82, 2.24) is 9.03 Å². The zero-order chi connectivity index (χ0) is 21.9. The van der Waals surface area contributed by atoms with Gasteiger partial charge in [0.25, 0.3) is 0 Å². The van der Waals surface area contributed by atoms with E-state index >= 15 is 0 Å². The first kappa shape index (κ1) is 22.9. The van der Waals surface area contributed by atoms with Gasteiger partial charge in [0.2, 0.25) is 20.0 Å². The SMILES string of the molecule is O=S(=O)(NCCS(=O)(=O)N1CCN(c2cccc(Cl)c2)CC1)c1cc(F)ccc1F. The number of benzene rings is 2. The fourth-order valence-corrected chi connectivity index (χ4v) is 5.86. The third-order valence-corrected chi connectivity index (χ3v) is 8.22. The molecule has 1 aliphatic rings. The number of anilines is 1. The van der Waals surface area contributed by atoms with E-state index < -0.39 is 48.9 Å². The van der Waals surface area contributed by atoms with Crippen molar-refractivity contribution in [2.75, 3.05) is 43.4 Å². The molecule has 0 spiro atoms. The minimum atomic E-state index is -4.38. The normalized spacial score (nSPS) is 16.0. The van der Waals surface area contributed by atoms with Crippen LogP contribution in [0.25, 0.3) is 0 Å². The van der Waals surface area contributed by atoms with Crippen molar-refractivity contribution < 1.29 is 25.6 Å². The lowest BCUT2D eigenvalue weighted by molar-refractivity contribution is 0.385. The number of sulfonamides is 2. The first-order valence-corrected chi connectivity index (χ1v) is 12.5. The van der Waals surface area contributed by atoms with Crippen molar-refractivity contribution in [3.05, 3.63) is 59.1 Å². The van der Waals surface area contributed by atoms with Gasteiger partial charge in [0, 0.05) is 43.4 Å². The van der Waals surface area contributed by atoms with Gasteiger partial charge in [-0.15, -0.1) is 0 Å². The number of nitrogens with zero attached hydrogens (tertiary/aromatic N) is 2. The summed E-state index contributed by atoms with van der Waals surface area (Å²) in [4.78, 5) is 1.14. The summed E-state index contributed by atoms with van der Waals surface area (Å²) in [6.45, 7) is 0.926. The highest BCUT2D eigenvalue weighted by atomic mass is 35.5. The molecular formula is C18H20ClF2N3O4S2. The van der Waals surface area contributed by atoms with Crippen LogP contribution in [0.1, 0.15) is 0 Å². The maximum Gasteiger partial charge on any atom is 0.243 e. The first-order chi connectivity index (χ1) is 14.1. The Labute approximate surface area is 179 Å². The van der Waals surface area contributed by atoms with Crippen LogP contribution in [-0.4, -0.2) is 59.6 Å². The van der Waals surface area contributed by atoms with Gasteiger partial charge in [0.15, 0.2) is 0 Å². The van der Waals surface area contributed by atoms with Crippen molar-refractivity contribution in [2.24, 2.45) is 0 Å². The molecule has 0 atom stereocenters. The van der Waals surface area contributed by atoms with E-state index in [1.807, 2.05) is 21.8 Å². The smallest absolute Gasteiger partial charge is 0.243 e. The molecule has 2 aromatic rings. The van der Waals surface area contributed by atoms with Gasteiger partial charge < -0.3 is 4.90 Å². The third kappa shape index (κ3) is 5.46.